The smallest absolute Gasteiger partial charge is 0.187 e. The van der Waals surface area contributed by atoms with Crippen LogP contribution in [0.1, 0.15) is 12.8 Å². The molecule has 0 aliphatic heterocycles. The molecule has 0 aromatic carbocycles. The molecule has 2 N–H and O–H groups in total. The Bertz CT molecular complexity index is 602. The normalized spacial score (nSPS) is 18.5. The van der Waals surface area contributed by atoms with E-state index in [0.29, 0.717) is 11.1 Å². The number of carbonyl (C=O) groups excluding carboxylic acids is 2. The first-order valence-corrected chi connectivity index (χ1v) is 8.56. The summed E-state index contributed by atoms with van der Waals surface area (Å²) in [5, 5.41) is 10.8. The van der Waals surface area contributed by atoms with Crippen LogP contribution in [0, 0.1) is 0 Å². The third-order valence-electron chi connectivity index (χ3n) is 3.63. The minimum absolute atomic E-state index is 0. The fourth-order valence-corrected chi connectivity index (χ4v) is 2.26. The topological polar surface area (TPSA) is 72.3 Å². The number of hydrogen-bond donors (Lipinski definition) is 2. The Morgan fingerprint density at radius 2 is 1.15 bits per heavy atom. The van der Waals surface area contributed by atoms with Crippen LogP contribution in [0.3, 0.4) is 0 Å². The van der Waals surface area contributed by atoms with E-state index in [2.05, 4.69) is 16.0 Å². The number of nitrogens with zero attached hydrogens (tertiary/aromatic N) is 1. The van der Waals surface area contributed by atoms with Gasteiger partial charge >= 0.3 is 0 Å². The van der Waals surface area contributed by atoms with E-state index in [-0.39, 0.29) is 28.1 Å². The van der Waals surface area contributed by atoms with E-state index in [1.165, 1.54) is 0 Å². The quantitative estimate of drug-likeness (QED) is 0.338. The molecule has 26 heavy (non-hydrogen) atoms. The summed E-state index contributed by atoms with van der Waals surface area (Å²) in [4.78, 5) is 23.0. The van der Waals surface area contributed by atoms with Crippen LogP contribution in [-0.2, 0) is 26.1 Å². The van der Waals surface area contributed by atoms with Crippen LogP contribution in [0.5, 0.6) is 0 Å². The summed E-state index contributed by atoms with van der Waals surface area (Å²) in [5.41, 5.74) is 1.36. The van der Waals surface area contributed by atoms with Gasteiger partial charge in [-0.2, -0.15) is 0 Å². The van der Waals surface area contributed by atoms with Crippen molar-refractivity contribution in [2.75, 3.05) is 26.2 Å². The molecular weight excluding hydrogens is 373 g/mol. The number of ketones is 2. The van der Waals surface area contributed by atoms with Crippen LogP contribution < -0.4 is 10.6 Å². The number of rotatable bonds is 10. The van der Waals surface area contributed by atoms with Gasteiger partial charge < -0.3 is 16.0 Å². The van der Waals surface area contributed by atoms with Gasteiger partial charge in [0.2, 0.25) is 0 Å². The van der Waals surface area contributed by atoms with Crippen LogP contribution in [0.2, 0.25) is 0 Å². The predicted octanol–water partition coefficient (Wildman–Crippen LogP) is 2.48. The van der Waals surface area contributed by atoms with E-state index in [1.807, 2.05) is 12.2 Å². The van der Waals surface area contributed by atoms with Gasteiger partial charge in [-0.25, -0.2) is 0 Å². The minimum Gasteiger partial charge on any atom is -0.662 e. The Morgan fingerprint density at radius 1 is 0.731 bits per heavy atom. The molecule has 0 radical (unpaired) electrons. The summed E-state index contributed by atoms with van der Waals surface area (Å²) >= 11 is 0. The third-order valence-corrected chi connectivity index (χ3v) is 3.63. The molecule has 0 amide bonds. The molecule has 0 spiro atoms. The van der Waals surface area contributed by atoms with Crippen molar-refractivity contribution in [2.24, 2.45) is 0 Å². The molecule has 2 aliphatic rings. The zero-order chi connectivity index (χ0) is 17.7. The van der Waals surface area contributed by atoms with Crippen LogP contribution >= 0.6 is 0 Å². The predicted molar refractivity (Wildman–Crippen MR) is 101 cm³/mol. The fraction of sp³-hybridized carbons (Fsp3) is 0.300. The van der Waals surface area contributed by atoms with Crippen molar-refractivity contribution in [3.63, 3.8) is 0 Å². The first kappa shape index (κ1) is 21.9. The largest absolute Gasteiger partial charge is 0.662 e. The molecule has 0 saturated heterocycles. The molecule has 142 valence electrons. The van der Waals surface area contributed by atoms with Gasteiger partial charge in [0.15, 0.2) is 11.6 Å². The van der Waals surface area contributed by atoms with Crippen molar-refractivity contribution in [1.82, 2.24) is 10.6 Å². The molecule has 2 rings (SSSR count). The molecule has 0 atom stereocenters. The third kappa shape index (κ3) is 8.28. The Hall–Kier alpha value is -2.17. The van der Waals surface area contributed by atoms with E-state index in [1.54, 1.807) is 48.9 Å². The van der Waals surface area contributed by atoms with Gasteiger partial charge in [-0.15, -0.1) is 13.1 Å². The van der Waals surface area contributed by atoms with E-state index >= 15 is 0 Å². The maximum absolute atomic E-state index is 11.5. The second-order valence-electron chi connectivity index (χ2n) is 5.65. The van der Waals surface area contributed by atoms with Crippen LogP contribution in [0.15, 0.2) is 72.2 Å². The van der Waals surface area contributed by atoms with Crippen LogP contribution in [0.4, 0.5) is 0 Å². The van der Waals surface area contributed by atoms with Gasteiger partial charge in [-0.05, 0) is 24.3 Å². The molecule has 6 heteroatoms. The maximum atomic E-state index is 11.5. The van der Waals surface area contributed by atoms with Crippen molar-refractivity contribution in [2.45, 2.75) is 12.8 Å². The Kier molecular flexibility index (Phi) is 11.0. The summed E-state index contributed by atoms with van der Waals surface area (Å²) in [6, 6.07) is 0. The van der Waals surface area contributed by atoms with Gasteiger partial charge in [0, 0.05) is 53.1 Å². The number of allylic oxidation sites excluding steroid dienone is 10. The van der Waals surface area contributed by atoms with Crippen molar-refractivity contribution in [3.05, 3.63) is 77.5 Å². The summed E-state index contributed by atoms with van der Waals surface area (Å²) in [5.74, 6) is 0.0622. The molecular formula is C20H24N3NiO2-. The average molecular weight is 397 g/mol. The zero-order valence-corrected chi connectivity index (χ0v) is 15.6. The maximum Gasteiger partial charge on any atom is 0.187 e. The molecule has 0 bridgehead atoms. The molecule has 5 nitrogen and oxygen atoms in total. The summed E-state index contributed by atoms with van der Waals surface area (Å²) in [6.07, 6.45) is 19.3. The van der Waals surface area contributed by atoms with E-state index in [0.717, 1.165) is 39.0 Å². The molecule has 0 aromatic rings. The molecule has 0 unspecified atom stereocenters. The first-order chi connectivity index (χ1) is 12.3. The van der Waals surface area contributed by atoms with Gasteiger partial charge in [-0.3, -0.25) is 9.59 Å². The second kappa shape index (κ2) is 13.1. The van der Waals surface area contributed by atoms with Crippen molar-refractivity contribution in [1.29, 1.82) is 0 Å². The van der Waals surface area contributed by atoms with Crippen molar-refractivity contribution < 1.29 is 26.1 Å². The van der Waals surface area contributed by atoms with Crippen LogP contribution in [0.25, 0.3) is 5.32 Å². The molecule has 0 aromatic heterocycles. The van der Waals surface area contributed by atoms with Crippen molar-refractivity contribution >= 4 is 11.6 Å². The van der Waals surface area contributed by atoms with E-state index < -0.39 is 0 Å². The Labute approximate surface area is 165 Å². The number of carbonyl (C=O) groups is 2. The summed E-state index contributed by atoms with van der Waals surface area (Å²) in [7, 11) is 0. The minimum atomic E-state index is 0. The van der Waals surface area contributed by atoms with Gasteiger partial charge in [0.25, 0.3) is 0 Å². The fourth-order valence-electron chi connectivity index (χ4n) is 2.26. The average Bonchev–Trinajstić information content (AvgIpc) is 2.62. The standard InChI is InChI=1S/C20H24N3O2.Ni/c24-19-9-3-1-7-17(19)15-22-13-5-11-21-12-6-14-23-16-18-8-2-4-10-20(18)25;/h1-4,7-10,15-16,22-23H,5-6,11-14H2;/q-1;/b17-15-,18-16-;. The molecule has 0 heterocycles. The number of nitrogens with one attached hydrogen (secondary N) is 2. The Balaban J connectivity index is 0.00000338. The van der Waals surface area contributed by atoms with Gasteiger partial charge in [0.1, 0.15) is 0 Å². The monoisotopic (exact) mass is 396 g/mol. The number of hydrogen-bond acceptors (Lipinski definition) is 4. The zero-order valence-electron chi connectivity index (χ0n) is 14.6. The van der Waals surface area contributed by atoms with E-state index in [9.17, 15) is 9.59 Å². The second-order valence-corrected chi connectivity index (χ2v) is 5.65. The SMILES string of the molecule is O=C1C=CC=C/C1=C/NCCC[N-]CCCN/C=C1/C=CC=CC1=O.[Ni]. The van der Waals surface area contributed by atoms with E-state index in [4.69, 9.17) is 0 Å². The summed E-state index contributed by atoms with van der Waals surface area (Å²) in [6.45, 7) is 3.19. The Morgan fingerprint density at radius 3 is 1.58 bits per heavy atom. The molecule has 0 saturated carbocycles. The first-order valence-electron chi connectivity index (χ1n) is 8.56. The van der Waals surface area contributed by atoms with Crippen molar-refractivity contribution in [3.8, 4) is 0 Å². The van der Waals surface area contributed by atoms with Crippen LogP contribution in [-0.4, -0.2) is 37.7 Å². The van der Waals surface area contributed by atoms with Gasteiger partial charge in [0.05, 0.1) is 0 Å². The van der Waals surface area contributed by atoms with Gasteiger partial charge in [-0.1, -0.05) is 37.1 Å². The summed E-state index contributed by atoms with van der Waals surface area (Å²) < 4.78 is 0. The molecule has 2 aliphatic carbocycles. The molecule has 0 fully saturated rings.